The number of carbonyl (C=O) groups excluding carboxylic acids is 1. The van der Waals surface area contributed by atoms with E-state index in [0.29, 0.717) is 13.0 Å². The van der Waals surface area contributed by atoms with E-state index in [-0.39, 0.29) is 5.97 Å². The molecule has 156 valence electrons. The molecule has 0 aliphatic heterocycles. The molecule has 0 aromatic heterocycles. The van der Waals surface area contributed by atoms with Gasteiger partial charge in [-0.3, -0.25) is 9.59 Å². The van der Waals surface area contributed by atoms with Crippen LogP contribution in [0.3, 0.4) is 0 Å². The Bertz CT molecular complexity index is 299. The normalized spacial score (nSPS) is 10.1. The Morgan fingerprint density at radius 2 is 1.00 bits per heavy atom. The molecule has 0 heterocycles. The third-order valence-corrected chi connectivity index (χ3v) is 4.25. The molecule has 0 unspecified atom stereocenters. The van der Waals surface area contributed by atoms with Crippen molar-refractivity contribution in [3.63, 3.8) is 0 Å². The van der Waals surface area contributed by atoms with Crippen molar-refractivity contribution in [2.24, 2.45) is 0 Å². The third kappa shape index (κ3) is 30.8. The topological polar surface area (TPSA) is 63.6 Å². The second kappa shape index (κ2) is 23.9. The lowest BCUT2D eigenvalue weighted by molar-refractivity contribution is -0.144. The number of hydrogen-bond donors (Lipinski definition) is 1. The predicted octanol–water partition coefficient (Wildman–Crippen LogP) is 6.90. The Morgan fingerprint density at radius 1 is 0.654 bits per heavy atom. The van der Waals surface area contributed by atoms with Crippen LogP contribution in [0.15, 0.2) is 0 Å². The van der Waals surface area contributed by atoms with Crippen LogP contribution in [0.1, 0.15) is 124 Å². The Hall–Kier alpha value is -1.06. The molecule has 0 aromatic carbocycles. The summed E-state index contributed by atoms with van der Waals surface area (Å²) in [5.74, 6) is -0.837. The molecule has 0 amide bonds. The van der Waals surface area contributed by atoms with Gasteiger partial charge in [-0.15, -0.1) is 0 Å². The lowest BCUT2D eigenvalue weighted by Crippen LogP contribution is -2.05. The van der Waals surface area contributed by atoms with Gasteiger partial charge in [-0.1, -0.05) is 97.3 Å². The zero-order chi connectivity index (χ0) is 19.9. The minimum atomic E-state index is -0.833. The molecular formula is C22H44O4. The van der Waals surface area contributed by atoms with Gasteiger partial charge in [0.1, 0.15) is 0 Å². The third-order valence-electron chi connectivity index (χ3n) is 4.25. The summed E-state index contributed by atoms with van der Waals surface area (Å²) in [5.41, 5.74) is 0. The fourth-order valence-corrected chi connectivity index (χ4v) is 2.69. The van der Waals surface area contributed by atoms with Crippen molar-refractivity contribution in [2.75, 3.05) is 6.61 Å². The fraction of sp³-hybridized carbons (Fsp3) is 0.909. The maximum Gasteiger partial charge on any atom is 0.305 e. The van der Waals surface area contributed by atoms with Gasteiger partial charge in [0, 0.05) is 13.3 Å². The first kappa shape index (κ1) is 27.2. The molecule has 0 bridgehead atoms. The number of hydrogen-bond acceptors (Lipinski definition) is 3. The second-order valence-corrected chi connectivity index (χ2v) is 7.09. The maximum atomic E-state index is 11.4. The van der Waals surface area contributed by atoms with E-state index in [0.717, 1.165) is 26.2 Å². The van der Waals surface area contributed by atoms with Crippen molar-refractivity contribution in [2.45, 2.75) is 124 Å². The smallest absolute Gasteiger partial charge is 0.305 e. The minimum Gasteiger partial charge on any atom is -0.481 e. The van der Waals surface area contributed by atoms with Gasteiger partial charge in [0.15, 0.2) is 0 Å². The number of carboxylic acid groups (broad SMARTS) is 1. The molecule has 0 spiro atoms. The van der Waals surface area contributed by atoms with Crippen LogP contribution in [0.25, 0.3) is 0 Å². The van der Waals surface area contributed by atoms with Crippen LogP contribution in [0.4, 0.5) is 0 Å². The molecule has 0 aromatic rings. The molecular weight excluding hydrogens is 328 g/mol. The van der Waals surface area contributed by atoms with Crippen molar-refractivity contribution in [1.29, 1.82) is 0 Å². The van der Waals surface area contributed by atoms with E-state index < -0.39 is 5.97 Å². The van der Waals surface area contributed by atoms with Crippen molar-refractivity contribution >= 4 is 11.9 Å². The first-order valence-electron chi connectivity index (χ1n) is 10.9. The average Bonchev–Trinajstić information content (AvgIpc) is 2.59. The highest BCUT2D eigenvalue weighted by molar-refractivity contribution is 5.69. The second-order valence-electron chi connectivity index (χ2n) is 7.09. The largest absolute Gasteiger partial charge is 0.481 e. The van der Waals surface area contributed by atoms with Gasteiger partial charge < -0.3 is 9.84 Å². The van der Waals surface area contributed by atoms with Crippen LogP contribution in [0.2, 0.25) is 0 Å². The number of ether oxygens (including phenoxy) is 1. The standard InChI is InChI=1S/C20H40O2.C2H4O2/c1-3-5-7-8-9-10-11-12-13-14-15-16-17-18-20(21)22-19-6-4-2;1-2(3)4/h3-19H2,1-2H3;1H3,(H,3,4). The van der Waals surface area contributed by atoms with E-state index >= 15 is 0 Å². The number of aliphatic carboxylic acids is 1. The minimum absolute atomic E-state index is 0.00322. The first-order chi connectivity index (χ1) is 12.5. The first-order valence-corrected chi connectivity index (χ1v) is 10.9. The summed E-state index contributed by atoms with van der Waals surface area (Å²) in [6.07, 6.45) is 20.1. The molecule has 1 N–H and O–H groups in total. The molecule has 4 nitrogen and oxygen atoms in total. The summed E-state index contributed by atoms with van der Waals surface area (Å²) < 4.78 is 5.15. The summed E-state index contributed by atoms with van der Waals surface area (Å²) in [5, 5.41) is 7.42. The molecule has 0 aliphatic rings. The molecule has 4 heteroatoms. The number of carbonyl (C=O) groups is 2. The summed E-state index contributed by atoms with van der Waals surface area (Å²) in [6, 6.07) is 0. The van der Waals surface area contributed by atoms with Crippen LogP contribution >= 0.6 is 0 Å². The van der Waals surface area contributed by atoms with Gasteiger partial charge in [0.25, 0.3) is 5.97 Å². The lowest BCUT2D eigenvalue weighted by Gasteiger charge is -2.04. The summed E-state index contributed by atoms with van der Waals surface area (Å²) in [4.78, 5) is 20.4. The Morgan fingerprint density at radius 3 is 1.38 bits per heavy atom. The molecule has 0 radical (unpaired) electrons. The van der Waals surface area contributed by atoms with Gasteiger partial charge in [0.05, 0.1) is 6.61 Å². The summed E-state index contributed by atoms with van der Waals surface area (Å²) in [6.45, 7) is 6.07. The van der Waals surface area contributed by atoms with Gasteiger partial charge in [-0.05, 0) is 12.8 Å². The molecule has 0 atom stereocenters. The van der Waals surface area contributed by atoms with Crippen LogP contribution < -0.4 is 0 Å². The number of esters is 1. The Kier molecular flexibility index (Phi) is 25.0. The predicted molar refractivity (Wildman–Crippen MR) is 109 cm³/mol. The molecule has 0 aliphatic carbocycles. The SMILES string of the molecule is CC(=O)O.CCCCCCCCCCCCCCCC(=O)OCCCC. The van der Waals surface area contributed by atoms with E-state index in [1.165, 1.54) is 77.0 Å². The molecule has 26 heavy (non-hydrogen) atoms. The zero-order valence-corrected chi connectivity index (χ0v) is 17.7. The Labute approximate surface area is 162 Å². The van der Waals surface area contributed by atoms with Gasteiger partial charge in [-0.2, -0.15) is 0 Å². The zero-order valence-electron chi connectivity index (χ0n) is 17.7. The van der Waals surface area contributed by atoms with Crippen molar-refractivity contribution < 1.29 is 19.4 Å². The van der Waals surface area contributed by atoms with Crippen molar-refractivity contribution in [3.05, 3.63) is 0 Å². The molecule has 0 saturated heterocycles. The summed E-state index contributed by atoms with van der Waals surface area (Å²) >= 11 is 0. The van der Waals surface area contributed by atoms with Crippen molar-refractivity contribution in [3.8, 4) is 0 Å². The quantitative estimate of drug-likeness (QED) is 0.223. The van der Waals surface area contributed by atoms with Crippen LogP contribution in [0, 0.1) is 0 Å². The van der Waals surface area contributed by atoms with Gasteiger partial charge in [-0.25, -0.2) is 0 Å². The van der Waals surface area contributed by atoms with Crippen LogP contribution in [0.5, 0.6) is 0 Å². The van der Waals surface area contributed by atoms with Crippen LogP contribution in [-0.4, -0.2) is 23.7 Å². The Balaban J connectivity index is 0. The fourth-order valence-electron chi connectivity index (χ4n) is 2.69. The summed E-state index contributed by atoms with van der Waals surface area (Å²) in [7, 11) is 0. The van der Waals surface area contributed by atoms with E-state index in [4.69, 9.17) is 14.6 Å². The maximum absolute atomic E-state index is 11.4. The van der Waals surface area contributed by atoms with E-state index in [1.807, 2.05) is 0 Å². The van der Waals surface area contributed by atoms with Gasteiger partial charge >= 0.3 is 5.97 Å². The molecule has 0 saturated carbocycles. The van der Waals surface area contributed by atoms with Gasteiger partial charge in [0.2, 0.25) is 0 Å². The highest BCUT2D eigenvalue weighted by Gasteiger charge is 2.01. The number of rotatable bonds is 17. The highest BCUT2D eigenvalue weighted by atomic mass is 16.5. The number of carboxylic acids is 1. The lowest BCUT2D eigenvalue weighted by atomic mass is 10.0. The van der Waals surface area contributed by atoms with E-state index in [9.17, 15) is 4.79 Å². The van der Waals surface area contributed by atoms with Crippen LogP contribution in [-0.2, 0) is 14.3 Å². The number of unbranched alkanes of at least 4 members (excludes halogenated alkanes) is 13. The molecule has 0 rings (SSSR count). The highest BCUT2D eigenvalue weighted by Crippen LogP contribution is 2.13. The van der Waals surface area contributed by atoms with E-state index in [1.54, 1.807) is 0 Å². The van der Waals surface area contributed by atoms with Crippen molar-refractivity contribution in [1.82, 2.24) is 0 Å². The molecule has 0 fully saturated rings. The average molecular weight is 373 g/mol. The van der Waals surface area contributed by atoms with E-state index in [2.05, 4.69) is 13.8 Å². The monoisotopic (exact) mass is 372 g/mol.